The molecule has 1 aromatic rings. The zero-order valence-electron chi connectivity index (χ0n) is 13.1. The van der Waals surface area contributed by atoms with Crippen molar-refractivity contribution in [3.05, 3.63) is 34.4 Å². The Bertz CT molecular complexity index is 561. The topological polar surface area (TPSA) is 64.3 Å². The Morgan fingerprint density at radius 2 is 1.82 bits per heavy atom. The molecule has 0 saturated carbocycles. The van der Waals surface area contributed by atoms with Crippen LogP contribution in [0.1, 0.15) is 33.3 Å². The molecule has 124 valence electrons. The van der Waals surface area contributed by atoms with Crippen molar-refractivity contribution in [3.8, 4) is 0 Å². The molecular formula is C15H21ClF2N2O2. The molecule has 0 spiro atoms. The van der Waals surface area contributed by atoms with E-state index in [4.69, 9.17) is 22.1 Å². The van der Waals surface area contributed by atoms with Crippen molar-refractivity contribution in [1.82, 2.24) is 5.32 Å². The number of carbonyl (C=O) groups excluding carboxylic acids is 1. The van der Waals surface area contributed by atoms with Crippen LogP contribution >= 0.6 is 11.6 Å². The van der Waals surface area contributed by atoms with Gasteiger partial charge in [-0.2, -0.15) is 0 Å². The van der Waals surface area contributed by atoms with E-state index in [0.717, 1.165) is 12.1 Å². The zero-order chi connectivity index (χ0) is 17.1. The quantitative estimate of drug-likeness (QED) is 0.830. The Balaban J connectivity index is 2.93. The van der Waals surface area contributed by atoms with E-state index in [-0.39, 0.29) is 18.1 Å². The van der Waals surface area contributed by atoms with Gasteiger partial charge in [0.25, 0.3) is 0 Å². The van der Waals surface area contributed by atoms with E-state index in [1.807, 2.05) is 0 Å². The lowest BCUT2D eigenvalue weighted by atomic mass is 9.82. The van der Waals surface area contributed by atoms with E-state index >= 15 is 0 Å². The van der Waals surface area contributed by atoms with E-state index in [9.17, 15) is 13.6 Å². The Morgan fingerprint density at radius 3 is 2.32 bits per heavy atom. The van der Waals surface area contributed by atoms with E-state index < -0.39 is 28.7 Å². The molecule has 0 fully saturated rings. The molecule has 1 rings (SSSR count). The standard InChI is InChI=1S/C15H21ClF2N2O2/c1-14(2,3)22-13(21)20-8-15(4,7-19)9-5-11(17)12(18)6-10(9)16/h5-6H,7-8,19H2,1-4H3,(H,20,21). The van der Waals surface area contributed by atoms with Crippen LogP contribution in [0.4, 0.5) is 13.6 Å². The molecule has 0 aliphatic heterocycles. The third-order valence-electron chi connectivity index (χ3n) is 3.13. The molecule has 1 atom stereocenters. The summed E-state index contributed by atoms with van der Waals surface area (Å²) < 4.78 is 31.8. The first kappa shape index (κ1) is 18.6. The number of rotatable bonds is 4. The number of nitrogens with one attached hydrogen (secondary N) is 1. The van der Waals surface area contributed by atoms with Gasteiger partial charge in [0.15, 0.2) is 11.6 Å². The van der Waals surface area contributed by atoms with Crippen LogP contribution in [0, 0.1) is 11.6 Å². The summed E-state index contributed by atoms with van der Waals surface area (Å²) in [5.41, 5.74) is 4.57. The summed E-state index contributed by atoms with van der Waals surface area (Å²) in [6, 6.07) is 1.90. The largest absolute Gasteiger partial charge is 0.444 e. The molecule has 0 heterocycles. The second-order valence-corrected chi connectivity index (χ2v) is 6.77. The highest BCUT2D eigenvalue weighted by atomic mass is 35.5. The summed E-state index contributed by atoms with van der Waals surface area (Å²) in [6.07, 6.45) is -0.620. The summed E-state index contributed by atoms with van der Waals surface area (Å²) in [6.45, 7) is 7.06. The molecule has 1 aromatic carbocycles. The van der Waals surface area contributed by atoms with E-state index in [1.165, 1.54) is 0 Å². The Morgan fingerprint density at radius 1 is 1.27 bits per heavy atom. The van der Waals surface area contributed by atoms with Crippen molar-refractivity contribution >= 4 is 17.7 Å². The van der Waals surface area contributed by atoms with Gasteiger partial charge in [-0.3, -0.25) is 0 Å². The average Bonchev–Trinajstić information content (AvgIpc) is 2.38. The summed E-state index contributed by atoms with van der Waals surface area (Å²) in [7, 11) is 0. The van der Waals surface area contributed by atoms with Crippen molar-refractivity contribution in [2.75, 3.05) is 13.1 Å². The van der Waals surface area contributed by atoms with E-state index in [0.29, 0.717) is 5.56 Å². The van der Waals surface area contributed by atoms with E-state index in [1.54, 1.807) is 27.7 Å². The van der Waals surface area contributed by atoms with E-state index in [2.05, 4.69) is 5.32 Å². The van der Waals surface area contributed by atoms with Crippen molar-refractivity contribution < 1.29 is 18.3 Å². The van der Waals surface area contributed by atoms with Crippen molar-refractivity contribution in [2.24, 2.45) is 5.73 Å². The molecule has 0 bridgehead atoms. The maximum absolute atomic E-state index is 13.5. The minimum atomic E-state index is -1.03. The van der Waals surface area contributed by atoms with Gasteiger partial charge < -0.3 is 15.8 Å². The highest BCUT2D eigenvalue weighted by molar-refractivity contribution is 6.31. The molecule has 0 aromatic heterocycles. The number of alkyl carbamates (subject to hydrolysis) is 1. The highest BCUT2D eigenvalue weighted by Crippen LogP contribution is 2.31. The summed E-state index contributed by atoms with van der Waals surface area (Å²) in [5, 5.41) is 2.63. The van der Waals surface area contributed by atoms with Gasteiger partial charge in [-0.05, 0) is 38.5 Å². The molecule has 0 aliphatic rings. The van der Waals surface area contributed by atoms with Crippen LogP contribution in [0.5, 0.6) is 0 Å². The molecule has 4 nitrogen and oxygen atoms in total. The molecule has 1 unspecified atom stereocenters. The number of amides is 1. The minimum Gasteiger partial charge on any atom is -0.444 e. The molecule has 0 radical (unpaired) electrons. The summed E-state index contributed by atoms with van der Waals surface area (Å²) >= 11 is 5.98. The number of hydrogen-bond donors (Lipinski definition) is 2. The average molecular weight is 335 g/mol. The maximum atomic E-state index is 13.5. The van der Waals surface area contributed by atoms with Crippen LogP contribution in [-0.2, 0) is 10.2 Å². The van der Waals surface area contributed by atoms with Gasteiger partial charge in [0.1, 0.15) is 5.60 Å². The van der Waals surface area contributed by atoms with Gasteiger partial charge in [-0.25, -0.2) is 13.6 Å². The lowest BCUT2D eigenvalue weighted by Crippen LogP contribution is -2.45. The predicted octanol–water partition coefficient (Wildman–Crippen LogP) is 3.36. The SMILES string of the molecule is CC(C)(C)OC(=O)NCC(C)(CN)c1cc(F)c(F)cc1Cl. The predicted molar refractivity (Wildman–Crippen MR) is 82.0 cm³/mol. The number of benzene rings is 1. The van der Waals surface area contributed by atoms with Crippen LogP contribution in [0.2, 0.25) is 5.02 Å². The van der Waals surface area contributed by atoms with Crippen LogP contribution in [-0.4, -0.2) is 24.8 Å². The van der Waals surface area contributed by atoms with Gasteiger partial charge in [0.2, 0.25) is 0 Å². The first-order valence-electron chi connectivity index (χ1n) is 6.80. The lowest BCUT2D eigenvalue weighted by Gasteiger charge is -2.30. The maximum Gasteiger partial charge on any atom is 0.407 e. The van der Waals surface area contributed by atoms with Gasteiger partial charge in [0, 0.05) is 23.5 Å². The Labute approximate surface area is 134 Å². The van der Waals surface area contributed by atoms with Crippen LogP contribution in [0.3, 0.4) is 0 Å². The molecular weight excluding hydrogens is 314 g/mol. The molecule has 0 saturated heterocycles. The van der Waals surface area contributed by atoms with Crippen molar-refractivity contribution in [1.29, 1.82) is 0 Å². The van der Waals surface area contributed by atoms with Crippen LogP contribution < -0.4 is 11.1 Å². The Hall–Kier alpha value is -1.40. The van der Waals surface area contributed by atoms with Crippen LogP contribution in [0.15, 0.2) is 12.1 Å². The third kappa shape index (κ3) is 4.81. The summed E-state index contributed by atoms with van der Waals surface area (Å²) in [4.78, 5) is 11.7. The number of halogens is 3. The lowest BCUT2D eigenvalue weighted by molar-refractivity contribution is 0.0516. The number of nitrogens with two attached hydrogens (primary N) is 1. The number of hydrogen-bond acceptors (Lipinski definition) is 3. The molecule has 1 amide bonds. The second kappa shape index (κ2) is 6.79. The minimum absolute atomic E-state index is 0.0536. The fourth-order valence-electron chi connectivity index (χ4n) is 1.84. The first-order valence-corrected chi connectivity index (χ1v) is 7.18. The van der Waals surface area contributed by atoms with Crippen molar-refractivity contribution in [2.45, 2.75) is 38.7 Å². The summed E-state index contributed by atoms with van der Waals surface area (Å²) in [5.74, 6) is -2.05. The van der Waals surface area contributed by atoms with Gasteiger partial charge >= 0.3 is 6.09 Å². The normalized spacial score (nSPS) is 14.4. The molecule has 22 heavy (non-hydrogen) atoms. The van der Waals surface area contributed by atoms with Gasteiger partial charge in [0.05, 0.1) is 0 Å². The zero-order valence-corrected chi connectivity index (χ0v) is 13.9. The second-order valence-electron chi connectivity index (χ2n) is 6.37. The molecule has 3 N–H and O–H groups in total. The molecule has 0 aliphatic carbocycles. The van der Waals surface area contributed by atoms with Crippen LogP contribution in [0.25, 0.3) is 0 Å². The molecule has 7 heteroatoms. The van der Waals surface area contributed by atoms with Gasteiger partial charge in [-0.1, -0.05) is 18.5 Å². The number of ether oxygens (including phenoxy) is 1. The van der Waals surface area contributed by atoms with Gasteiger partial charge in [-0.15, -0.1) is 0 Å². The highest BCUT2D eigenvalue weighted by Gasteiger charge is 2.30. The fourth-order valence-corrected chi connectivity index (χ4v) is 2.22. The monoisotopic (exact) mass is 334 g/mol. The van der Waals surface area contributed by atoms with Crippen molar-refractivity contribution in [3.63, 3.8) is 0 Å². The smallest absolute Gasteiger partial charge is 0.407 e. The fraction of sp³-hybridized carbons (Fsp3) is 0.533. The Kier molecular flexibility index (Phi) is 5.76. The number of carbonyl (C=O) groups is 1. The first-order chi connectivity index (χ1) is 9.98. The third-order valence-corrected chi connectivity index (χ3v) is 3.45.